The summed E-state index contributed by atoms with van der Waals surface area (Å²) in [5.41, 5.74) is 0. The molecule has 0 aliphatic rings. The maximum atomic E-state index is 5.98. The van der Waals surface area contributed by atoms with Crippen LogP contribution in [0.4, 0.5) is 0 Å². The monoisotopic (exact) mass is 323 g/mol. The summed E-state index contributed by atoms with van der Waals surface area (Å²) in [7, 11) is 0. The van der Waals surface area contributed by atoms with Gasteiger partial charge in [0.15, 0.2) is 0 Å². The highest BCUT2D eigenvalue weighted by Gasteiger charge is 2.03. The lowest BCUT2D eigenvalue weighted by Crippen LogP contribution is -2.15. The highest BCUT2D eigenvalue weighted by atomic mass is 79.9. The quantitative estimate of drug-likeness (QED) is 0.672. The summed E-state index contributed by atoms with van der Waals surface area (Å²) in [4.78, 5) is 1.39. The van der Waals surface area contributed by atoms with Gasteiger partial charge >= 0.3 is 0 Å². The van der Waals surface area contributed by atoms with Crippen molar-refractivity contribution in [2.45, 2.75) is 39.0 Å². The van der Waals surface area contributed by atoms with Crippen LogP contribution < -0.4 is 5.32 Å². The van der Waals surface area contributed by atoms with Crippen LogP contribution >= 0.6 is 38.9 Å². The zero-order chi connectivity index (χ0) is 11.8. The van der Waals surface area contributed by atoms with E-state index in [-0.39, 0.29) is 0 Å². The standard InChI is InChI=1S/C12H19BrClNS/c1-2-7-15-8-5-3-4-6-10-9-11(14)12(13)16-10/h9,15H,2-8H2,1H3. The predicted octanol–water partition coefficient (Wildman–Crippen LogP) is 4.88. The Morgan fingerprint density at radius 3 is 2.75 bits per heavy atom. The summed E-state index contributed by atoms with van der Waals surface area (Å²) in [6.45, 7) is 4.50. The Kier molecular flexibility index (Phi) is 7.71. The first kappa shape index (κ1) is 14.5. The number of rotatable bonds is 8. The molecule has 1 nitrogen and oxygen atoms in total. The molecule has 0 aliphatic heterocycles. The number of unbranched alkanes of at least 4 members (excludes halogenated alkanes) is 2. The Balaban J connectivity index is 2.03. The van der Waals surface area contributed by atoms with Gasteiger partial charge in [-0.1, -0.05) is 24.9 Å². The van der Waals surface area contributed by atoms with Crippen molar-refractivity contribution in [3.63, 3.8) is 0 Å². The smallest absolute Gasteiger partial charge is 0.0887 e. The zero-order valence-electron chi connectivity index (χ0n) is 9.69. The van der Waals surface area contributed by atoms with Crippen LogP contribution in [0, 0.1) is 0 Å². The number of nitrogens with one attached hydrogen (secondary N) is 1. The first-order valence-electron chi connectivity index (χ1n) is 5.88. The van der Waals surface area contributed by atoms with Gasteiger partial charge in [0.25, 0.3) is 0 Å². The Hall–Kier alpha value is 0.430. The molecular formula is C12H19BrClNS. The number of hydrogen-bond acceptors (Lipinski definition) is 2. The van der Waals surface area contributed by atoms with Gasteiger partial charge in [-0.2, -0.15) is 0 Å². The summed E-state index contributed by atoms with van der Waals surface area (Å²) in [6.07, 6.45) is 6.21. The van der Waals surface area contributed by atoms with Crippen molar-refractivity contribution < 1.29 is 0 Å². The summed E-state index contributed by atoms with van der Waals surface area (Å²) < 4.78 is 1.06. The van der Waals surface area contributed by atoms with Crippen LogP contribution in [0.3, 0.4) is 0 Å². The van der Waals surface area contributed by atoms with Crippen LogP contribution in [0.1, 0.15) is 37.5 Å². The molecule has 0 fully saturated rings. The average Bonchev–Trinajstić information content (AvgIpc) is 2.57. The maximum absolute atomic E-state index is 5.98. The minimum absolute atomic E-state index is 0.851. The van der Waals surface area contributed by atoms with Gasteiger partial charge in [-0.3, -0.25) is 0 Å². The van der Waals surface area contributed by atoms with Gasteiger partial charge in [-0.15, -0.1) is 11.3 Å². The van der Waals surface area contributed by atoms with Crippen molar-refractivity contribution in [1.82, 2.24) is 5.32 Å². The van der Waals surface area contributed by atoms with E-state index in [1.807, 2.05) is 0 Å². The Labute approximate surface area is 116 Å². The minimum Gasteiger partial charge on any atom is -0.317 e. The Morgan fingerprint density at radius 2 is 2.12 bits per heavy atom. The first-order valence-corrected chi connectivity index (χ1v) is 7.87. The summed E-state index contributed by atoms with van der Waals surface area (Å²) in [6, 6.07) is 2.08. The first-order chi connectivity index (χ1) is 7.74. The fourth-order valence-corrected chi connectivity index (χ4v) is 3.40. The molecule has 4 heteroatoms. The van der Waals surface area contributed by atoms with Gasteiger partial charge in [0.1, 0.15) is 0 Å². The zero-order valence-corrected chi connectivity index (χ0v) is 12.8. The van der Waals surface area contributed by atoms with Crippen molar-refractivity contribution in [3.8, 4) is 0 Å². The van der Waals surface area contributed by atoms with Crippen LogP contribution in [-0.4, -0.2) is 13.1 Å². The molecule has 16 heavy (non-hydrogen) atoms. The molecule has 1 aromatic rings. The number of thiophene rings is 1. The average molecular weight is 325 g/mol. The summed E-state index contributed by atoms with van der Waals surface area (Å²) in [5.74, 6) is 0. The van der Waals surface area contributed by atoms with E-state index in [2.05, 4.69) is 34.2 Å². The Morgan fingerprint density at radius 1 is 1.31 bits per heavy atom. The third-order valence-corrected chi connectivity index (χ3v) is 4.93. The normalized spacial score (nSPS) is 10.9. The van der Waals surface area contributed by atoms with Gasteiger partial charge in [0, 0.05) is 4.88 Å². The van der Waals surface area contributed by atoms with Gasteiger partial charge in [-0.05, 0) is 60.8 Å². The lowest BCUT2D eigenvalue weighted by molar-refractivity contribution is 0.600. The van der Waals surface area contributed by atoms with Gasteiger partial charge in [0.2, 0.25) is 0 Å². The largest absolute Gasteiger partial charge is 0.317 e. The Bertz CT molecular complexity index is 282. The van der Waals surface area contributed by atoms with E-state index in [0.717, 1.165) is 28.3 Å². The lowest BCUT2D eigenvalue weighted by atomic mass is 10.2. The molecule has 0 aliphatic carbocycles. The van der Waals surface area contributed by atoms with Crippen molar-refractivity contribution in [1.29, 1.82) is 0 Å². The second kappa shape index (κ2) is 8.51. The molecule has 0 aromatic carbocycles. The molecule has 0 atom stereocenters. The number of halogens is 2. The maximum Gasteiger partial charge on any atom is 0.0887 e. The molecule has 0 saturated heterocycles. The molecule has 0 radical (unpaired) electrons. The topological polar surface area (TPSA) is 12.0 Å². The molecule has 1 rings (SSSR count). The van der Waals surface area contributed by atoms with Crippen LogP contribution in [0.15, 0.2) is 9.85 Å². The van der Waals surface area contributed by atoms with E-state index in [1.54, 1.807) is 11.3 Å². The second-order valence-corrected chi connectivity index (χ2v) is 6.76. The van der Waals surface area contributed by atoms with Gasteiger partial charge in [-0.25, -0.2) is 0 Å². The second-order valence-electron chi connectivity index (χ2n) is 3.90. The van der Waals surface area contributed by atoms with Crippen LogP contribution in [-0.2, 0) is 6.42 Å². The fraction of sp³-hybridized carbons (Fsp3) is 0.667. The van der Waals surface area contributed by atoms with E-state index in [0.29, 0.717) is 0 Å². The fourth-order valence-electron chi connectivity index (χ4n) is 1.54. The minimum atomic E-state index is 0.851. The predicted molar refractivity (Wildman–Crippen MR) is 77.7 cm³/mol. The van der Waals surface area contributed by atoms with Gasteiger partial charge < -0.3 is 5.32 Å². The SMILES string of the molecule is CCCNCCCCCc1cc(Cl)c(Br)s1. The van der Waals surface area contributed by atoms with Crippen molar-refractivity contribution in [2.24, 2.45) is 0 Å². The third kappa shape index (κ3) is 5.67. The molecule has 0 unspecified atom stereocenters. The molecule has 1 N–H and O–H groups in total. The molecule has 0 bridgehead atoms. The number of aryl methyl sites for hydroxylation is 1. The lowest BCUT2D eigenvalue weighted by Gasteiger charge is -2.02. The molecular weight excluding hydrogens is 306 g/mol. The molecule has 0 saturated carbocycles. The summed E-state index contributed by atoms with van der Waals surface area (Å²) in [5, 5.41) is 4.27. The van der Waals surface area contributed by atoms with Crippen LogP contribution in [0.2, 0.25) is 5.02 Å². The highest BCUT2D eigenvalue weighted by molar-refractivity contribution is 9.11. The van der Waals surface area contributed by atoms with E-state index in [4.69, 9.17) is 11.6 Å². The van der Waals surface area contributed by atoms with Crippen molar-refractivity contribution in [3.05, 3.63) is 19.8 Å². The van der Waals surface area contributed by atoms with Crippen LogP contribution in [0.5, 0.6) is 0 Å². The van der Waals surface area contributed by atoms with Crippen molar-refractivity contribution >= 4 is 38.9 Å². The molecule has 0 amide bonds. The van der Waals surface area contributed by atoms with E-state index in [9.17, 15) is 0 Å². The van der Waals surface area contributed by atoms with E-state index < -0.39 is 0 Å². The number of hydrogen-bond donors (Lipinski definition) is 1. The molecule has 1 heterocycles. The van der Waals surface area contributed by atoms with Crippen molar-refractivity contribution in [2.75, 3.05) is 13.1 Å². The molecule has 1 aromatic heterocycles. The summed E-state index contributed by atoms with van der Waals surface area (Å²) >= 11 is 11.2. The molecule has 0 spiro atoms. The van der Waals surface area contributed by atoms with E-state index in [1.165, 1.54) is 30.6 Å². The molecule has 92 valence electrons. The van der Waals surface area contributed by atoms with E-state index >= 15 is 0 Å². The third-order valence-electron chi connectivity index (χ3n) is 2.40. The van der Waals surface area contributed by atoms with Gasteiger partial charge in [0.05, 0.1) is 8.81 Å². The van der Waals surface area contributed by atoms with Crippen LogP contribution in [0.25, 0.3) is 0 Å². The highest BCUT2D eigenvalue weighted by Crippen LogP contribution is 2.32.